The van der Waals surface area contributed by atoms with Gasteiger partial charge in [-0.15, -0.1) is 0 Å². The predicted octanol–water partition coefficient (Wildman–Crippen LogP) is 1.99. The van der Waals surface area contributed by atoms with E-state index in [1.165, 1.54) is 42.5 Å². The lowest BCUT2D eigenvalue weighted by Gasteiger charge is -2.10. The smallest absolute Gasteiger partial charge is 0.340 e. The monoisotopic (exact) mass is 366 g/mol. The number of carbonyl (C=O) groups is 2. The highest BCUT2D eigenvalue weighted by Gasteiger charge is 2.16. The van der Waals surface area contributed by atoms with Gasteiger partial charge in [0.15, 0.2) is 6.61 Å². The van der Waals surface area contributed by atoms with Crippen LogP contribution in [0.25, 0.3) is 0 Å². The first-order valence-electron chi connectivity index (χ1n) is 7.04. The van der Waals surface area contributed by atoms with E-state index in [1.807, 2.05) is 0 Å². The Kier molecular flexibility index (Phi) is 5.71. The van der Waals surface area contributed by atoms with Crippen LogP contribution in [0.2, 0.25) is 0 Å². The molecule has 0 spiro atoms. The number of halogens is 1. The molecule has 0 aromatic heterocycles. The van der Waals surface area contributed by atoms with Gasteiger partial charge in [-0.25, -0.2) is 17.6 Å². The van der Waals surface area contributed by atoms with E-state index < -0.39 is 34.3 Å². The third kappa shape index (κ3) is 5.88. The summed E-state index contributed by atoms with van der Waals surface area (Å²) in [6.07, 6.45) is 0.950. The Bertz CT molecular complexity index is 882. The molecule has 2 rings (SSSR count). The van der Waals surface area contributed by atoms with Crippen LogP contribution in [0.1, 0.15) is 10.4 Å². The summed E-state index contributed by atoms with van der Waals surface area (Å²) in [5.41, 5.74) is 0.373. The van der Waals surface area contributed by atoms with Crippen molar-refractivity contribution in [2.24, 2.45) is 0 Å². The van der Waals surface area contributed by atoms with E-state index in [0.29, 0.717) is 5.69 Å². The van der Waals surface area contributed by atoms with Crippen molar-refractivity contribution in [1.82, 2.24) is 0 Å². The molecular weight excluding hydrogens is 351 g/mol. The van der Waals surface area contributed by atoms with Crippen molar-refractivity contribution in [3.05, 3.63) is 59.9 Å². The standard InChI is InChI=1S/C16H15FN2O5S/c1-25(22,23)19-14-5-3-2-4-13(14)16(21)24-10-15(20)18-12-8-6-11(17)7-9-12/h2-9,19H,10H2,1H3,(H,18,20). The van der Waals surface area contributed by atoms with Crippen molar-refractivity contribution in [2.75, 3.05) is 22.9 Å². The molecule has 0 atom stereocenters. The molecule has 0 radical (unpaired) electrons. The number of nitrogens with one attached hydrogen (secondary N) is 2. The first-order chi connectivity index (χ1) is 11.7. The molecular formula is C16H15FN2O5S. The number of carbonyl (C=O) groups excluding carboxylic acids is 2. The van der Waals surface area contributed by atoms with Crippen LogP contribution < -0.4 is 10.0 Å². The van der Waals surface area contributed by atoms with Crippen LogP contribution in [0.3, 0.4) is 0 Å². The van der Waals surface area contributed by atoms with Crippen molar-refractivity contribution in [3.63, 3.8) is 0 Å². The van der Waals surface area contributed by atoms with Crippen LogP contribution in [0.5, 0.6) is 0 Å². The average Bonchev–Trinajstić information content (AvgIpc) is 2.54. The second kappa shape index (κ2) is 7.75. The minimum atomic E-state index is -3.58. The maximum Gasteiger partial charge on any atom is 0.340 e. The summed E-state index contributed by atoms with van der Waals surface area (Å²) in [6, 6.07) is 10.9. The Balaban J connectivity index is 1.98. The SMILES string of the molecule is CS(=O)(=O)Nc1ccccc1C(=O)OCC(=O)Nc1ccc(F)cc1. The Labute approximate surface area is 143 Å². The number of rotatable bonds is 6. The summed E-state index contributed by atoms with van der Waals surface area (Å²) in [7, 11) is -3.58. The molecule has 9 heteroatoms. The molecule has 2 aromatic rings. The van der Waals surface area contributed by atoms with E-state index in [4.69, 9.17) is 4.74 Å². The minimum absolute atomic E-state index is 0.0255. The first-order valence-corrected chi connectivity index (χ1v) is 8.93. The Morgan fingerprint density at radius 1 is 1.08 bits per heavy atom. The lowest BCUT2D eigenvalue weighted by Crippen LogP contribution is -2.22. The van der Waals surface area contributed by atoms with Crippen LogP contribution >= 0.6 is 0 Å². The van der Waals surface area contributed by atoms with Crippen LogP contribution in [0.4, 0.5) is 15.8 Å². The first kappa shape index (κ1) is 18.4. The molecule has 0 heterocycles. The van der Waals surface area contributed by atoms with Crippen molar-refractivity contribution >= 4 is 33.3 Å². The molecule has 1 amide bonds. The quantitative estimate of drug-likeness (QED) is 0.762. The molecule has 0 unspecified atom stereocenters. The number of hydrogen-bond donors (Lipinski definition) is 2. The summed E-state index contributed by atoms with van der Waals surface area (Å²) in [4.78, 5) is 23.8. The van der Waals surface area contributed by atoms with Gasteiger partial charge in [0, 0.05) is 5.69 Å². The molecule has 0 fully saturated rings. The summed E-state index contributed by atoms with van der Waals surface area (Å²) in [5, 5.41) is 2.43. The molecule has 2 N–H and O–H groups in total. The summed E-state index contributed by atoms with van der Waals surface area (Å²) in [6.45, 7) is -0.580. The molecule has 7 nitrogen and oxygen atoms in total. The number of ether oxygens (including phenoxy) is 1. The zero-order valence-corrected chi connectivity index (χ0v) is 14.0. The fourth-order valence-electron chi connectivity index (χ4n) is 1.89. The van der Waals surface area contributed by atoms with Crippen LogP contribution in [-0.2, 0) is 19.6 Å². The Hall–Kier alpha value is -2.94. The fourth-order valence-corrected chi connectivity index (χ4v) is 2.47. The number of para-hydroxylation sites is 1. The summed E-state index contributed by atoms with van der Waals surface area (Å²) in [5.74, 6) is -1.92. The molecule has 2 aromatic carbocycles. The largest absolute Gasteiger partial charge is 0.452 e. The van der Waals surface area contributed by atoms with Crippen LogP contribution in [0.15, 0.2) is 48.5 Å². The van der Waals surface area contributed by atoms with Gasteiger partial charge in [0.05, 0.1) is 17.5 Å². The predicted molar refractivity (Wildman–Crippen MR) is 90.2 cm³/mol. The second-order valence-corrected chi connectivity index (χ2v) is 6.80. The lowest BCUT2D eigenvalue weighted by atomic mass is 10.2. The van der Waals surface area contributed by atoms with E-state index >= 15 is 0 Å². The van der Waals surface area contributed by atoms with E-state index in [1.54, 1.807) is 6.07 Å². The maximum absolute atomic E-state index is 12.8. The molecule has 0 aliphatic heterocycles. The normalized spacial score (nSPS) is 10.8. The van der Waals surface area contributed by atoms with Crippen molar-refractivity contribution in [3.8, 4) is 0 Å². The molecule has 25 heavy (non-hydrogen) atoms. The molecule has 0 aliphatic carbocycles. The molecule has 0 bridgehead atoms. The molecule has 0 aliphatic rings. The van der Waals surface area contributed by atoms with Gasteiger partial charge in [-0.05, 0) is 36.4 Å². The highest BCUT2D eigenvalue weighted by atomic mass is 32.2. The molecule has 0 saturated heterocycles. The zero-order chi connectivity index (χ0) is 18.4. The van der Waals surface area contributed by atoms with Crippen molar-refractivity contribution in [1.29, 1.82) is 0 Å². The fraction of sp³-hybridized carbons (Fsp3) is 0.125. The number of esters is 1. The average molecular weight is 366 g/mol. The van der Waals surface area contributed by atoms with Gasteiger partial charge in [0.2, 0.25) is 10.0 Å². The Morgan fingerprint density at radius 3 is 2.36 bits per heavy atom. The maximum atomic E-state index is 12.8. The number of sulfonamides is 1. The minimum Gasteiger partial charge on any atom is -0.452 e. The highest BCUT2D eigenvalue weighted by Crippen LogP contribution is 2.17. The van der Waals surface area contributed by atoms with Crippen LogP contribution in [0, 0.1) is 5.82 Å². The van der Waals surface area contributed by atoms with Gasteiger partial charge in [0.25, 0.3) is 5.91 Å². The second-order valence-electron chi connectivity index (χ2n) is 5.05. The van der Waals surface area contributed by atoms with Crippen LogP contribution in [-0.4, -0.2) is 33.2 Å². The van der Waals surface area contributed by atoms with Gasteiger partial charge in [0.1, 0.15) is 5.82 Å². The number of hydrogen-bond acceptors (Lipinski definition) is 5. The molecule has 0 saturated carbocycles. The van der Waals surface area contributed by atoms with Gasteiger partial charge in [-0.3, -0.25) is 9.52 Å². The third-order valence-electron chi connectivity index (χ3n) is 2.90. The third-order valence-corrected chi connectivity index (χ3v) is 3.50. The number of anilines is 2. The zero-order valence-electron chi connectivity index (χ0n) is 13.2. The van der Waals surface area contributed by atoms with E-state index in [-0.39, 0.29) is 11.3 Å². The van der Waals surface area contributed by atoms with E-state index in [0.717, 1.165) is 6.26 Å². The lowest BCUT2D eigenvalue weighted by molar-refractivity contribution is -0.119. The van der Waals surface area contributed by atoms with Gasteiger partial charge >= 0.3 is 5.97 Å². The van der Waals surface area contributed by atoms with Crippen molar-refractivity contribution in [2.45, 2.75) is 0 Å². The summed E-state index contributed by atoms with van der Waals surface area (Å²) < 4.78 is 42.5. The number of amides is 1. The van der Waals surface area contributed by atoms with Gasteiger partial charge in [-0.2, -0.15) is 0 Å². The number of benzene rings is 2. The van der Waals surface area contributed by atoms with Gasteiger partial charge < -0.3 is 10.1 Å². The molecule has 132 valence electrons. The summed E-state index contributed by atoms with van der Waals surface area (Å²) >= 11 is 0. The van der Waals surface area contributed by atoms with Crippen molar-refractivity contribution < 1.29 is 27.1 Å². The van der Waals surface area contributed by atoms with E-state index in [2.05, 4.69) is 10.0 Å². The topological polar surface area (TPSA) is 102 Å². The van der Waals surface area contributed by atoms with E-state index in [9.17, 15) is 22.4 Å². The van der Waals surface area contributed by atoms with Gasteiger partial charge in [-0.1, -0.05) is 12.1 Å². The Morgan fingerprint density at radius 2 is 1.72 bits per heavy atom. The highest BCUT2D eigenvalue weighted by molar-refractivity contribution is 7.92.